The maximum Gasteiger partial charge on any atom is 0.123 e. The van der Waals surface area contributed by atoms with Crippen LogP contribution >= 0.6 is 0 Å². The number of hydrogen-bond acceptors (Lipinski definition) is 3. The molecule has 0 amide bonds. The van der Waals surface area contributed by atoms with Gasteiger partial charge in [0.15, 0.2) is 0 Å². The summed E-state index contributed by atoms with van der Waals surface area (Å²) < 4.78 is 5.75. The number of rotatable bonds is 6. The number of nitrogens with one attached hydrogen (secondary N) is 1. The van der Waals surface area contributed by atoms with E-state index in [0.717, 1.165) is 32.0 Å². The van der Waals surface area contributed by atoms with Crippen LogP contribution in [0.3, 0.4) is 0 Å². The fourth-order valence-electron chi connectivity index (χ4n) is 3.38. The SMILES string of the molecule is CCOc1ccccc1CN1CCC(Nc2cccc(C)c2)CC1. The molecule has 0 radical (unpaired) electrons. The number of benzene rings is 2. The van der Waals surface area contributed by atoms with E-state index in [2.05, 4.69) is 59.6 Å². The summed E-state index contributed by atoms with van der Waals surface area (Å²) in [7, 11) is 0. The van der Waals surface area contributed by atoms with Gasteiger partial charge in [-0.2, -0.15) is 0 Å². The molecule has 1 aliphatic rings. The highest BCUT2D eigenvalue weighted by Crippen LogP contribution is 2.23. The summed E-state index contributed by atoms with van der Waals surface area (Å²) >= 11 is 0. The van der Waals surface area contributed by atoms with Gasteiger partial charge in [-0.25, -0.2) is 0 Å². The third-order valence-electron chi connectivity index (χ3n) is 4.64. The van der Waals surface area contributed by atoms with E-state index in [-0.39, 0.29) is 0 Å². The number of ether oxygens (including phenoxy) is 1. The minimum absolute atomic E-state index is 0.574. The van der Waals surface area contributed by atoms with Gasteiger partial charge in [0.1, 0.15) is 5.75 Å². The van der Waals surface area contributed by atoms with E-state index < -0.39 is 0 Å². The predicted molar refractivity (Wildman–Crippen MR) is 101 cm³/mol. The molecule has 1 aliphatic heterocycles. The third-order valence-corrected chi connectivity index (χ3v) is 4.64. The van der Waals surface area contributed by atoms with E-state index in [9.17, 15) is 0 Å². The second-order valence-corrected chi connectivity index (χ2v) is 6.60. The first-order valence-electron chi connectivity index (χ1n) is 9.01. The van der Waals surface area contributed by atoms with Gasteiger partial charge < -0.3 is 10.1 Å². The van der Waals surface area contributed by atoms with Crippen LogP contribution < -0.4 is 10.1 Å². The van der Waals surface area contributed by atoms with Crippen molar-refractivity contribution >= 4 is 5.69 Å². The van der Waals surface area contributed by atoms with Crippen molar-refractivity contribution in [3.05, 3.63) is 59.7 Å². The smallest absolute Gasteiger partial charge is 0.123 e. The Morgan fingerprint density at radius 3 is 2.62 bits per heavy atom. The van der Waals surface area contributed by atoms with Crippen LogP contribution in [0.1, 0.15) is 30.9 Å². The summed E-state index contributed by atoms with van der Waals surface area (Å²) in [4.78, 5) is 2.53. The van der Waals surface area contributed by atoms with E-state index >= 15 is 0 Å². The molecule has 0 unspecified atom stereocenters. The molecule has 3 heteroatoms. The number of hydrogen-bond donors (Lipinski definition) is 1. The first-order valence-corrected chi connectivity index (χ1v) is 9.01. The molecule has 1 heterocycles. The van der Waals surface area contributed by atoms with Crippen molar-refractivity contribution in [3.8, 4) is 5.75 Å². The number of para-hydroxylation sites is 1. The highest BCUT2D eigenvalue weighted by molar-refractivity contribution is 5.46. The maximum absolute atomic E-state index is 5.75. The van der Waals surface area contributed by atoms with Gasteiger partial charge in [0, 0.05) is 36.9 Å². The molecular formula is C21H28N2O. The zero-order chi connectivity index (χ0) is 16.8. The van der Waals surface area contributed by atoms with E-state index in [1.165, 1.54) is 29.7 Å². The zero-order valence-electron chi connectivity index (χ0n) is 14.8. The number of piperidine rings is 1. The minimum atomic E-state index is 0.574. The zero-order valence-corrected chi connectivity index (χ0v) is 14.8. The molecule has 2 aromatic carbocycles. The standard InChI is InChI=1S/C21H28N2O/c1-3-24-21-10-5-4-8-18(21)16-23-13-11-19(12-14-23)22-20-9-6-7-17(2)15-20/h4-10,15,19,22H,3,11-14,16H2,1-2H3. The Hall–Kier alpha value is -2.00. The summed E-state index contributed by atoms with van der Waals surface area (Å²) in [6.45, 7) is 8.14. The highest BCUT2D eigenvalue weighted by Gasteiger charge is 2.20. The monoisotopic (exact) mass is 324 g/mol. The summed E-state index contributed by atoms with van der Waals surface area (Å²) in [5.74, 6) is 1.03. The second-order valence-electron chi connectivity index (χ2n) is 6.60. The largest absolute Gasteiger partial charge is 0.494 e. The van der Waals surface area contributed by atoms with Crippen LogP contribution in [0, 0.1) is 6.92 Å². The Bertz CT molecular complexity index is 648. The normalized spacial score (nSPS) is 16.1. The molecule has 3 nitrogen and oxygen atoms in total. The van der Waals surface area contributed by atoms with Crippen molar-refractivity contribution in [1.82, 2.24) is 4.90 Å². The van der Waals surface area contributed by atoms with Crippen LogP contribution in [0.2, 0.25) is 0 Å². The van der Waals surface area contributed by atoms with Crippen LogP contribution in [0.4, 0.5) is 5.69 Å². The Labute approximate surface area is 145 Å². The summed E-state index contributed by atoms with van der Waals surface area (Å²) in [6, 6.07) is 17.6. The van der Waals surface area contributed by atoms with Crippen molar-refractivity contribution in [3.63, 3.8) is 0 Å². The van der Waals surface area contributed by atoms with Crippen LogP contribution in [-0.4, -0.2) is 30.6 Å². The lowest BCUT2D eigenvalue weighted by molar-refractivity contribution is 0.207. The third kappa shape index (κ3) is 4.51. The van der Waals surface area contributed by atoms with Crippen LogP contribution in [0.25, 0.3) is 0 Å². The average molecular weight is 324 g/mol. The van der Waals surface area contributed by atoms with Gasteiger partial charge in [-0.3, -0.25) is 4.90 Å². The molecule has 1 saturated heterocycles. The summed E-state index contributed by atoms with van der Waals surface area (Å²) in [6.07, 6.45) is 2.37. The van der Waals surface area contributed by atoms with Crippen LogP contribution in [-0.2, 0) is 6.54 Å². The maximum atomic E-state index is 5.75. The van der Waals surface area contributed by atoms with E-state index in [4.69, 9.17) is 4.74 Å². The molecular weight excluding hydrogens is 296 g/mol. The first kappa shape index (κ1) is 16.8. The molecule has 1 N–H and O–H groups in total. The lowest BCUT2D eigenvalue weighted by Crippen LogP contribution is -2.38. The topological polar surface area (TPSA) is 24.5 Å². The molecule has 0 bridgehead atoms. The van der Waals surface area contributed by atoms with E-state index in [1.54, 1.807) is 0 Å². The molecule has 0 spiro atoms. The number of likely N-dealkylation sites (tertiary alicyclic amines) is 1. The molecule has 0 atom stereocenters. The molecule has 0 saturated carbocycles. The second kappa shape index (κ2) is 8.20. The molecule has 1 fully saturated rings. The first-order chi connectivity index (χ1) is 11.7. The highest BCUT2D eigenvalue weighted by atomic mass is 16.5. The molecule has 24 heavy (non-hydrogen) atoms. The minimum Gasteiger partial charge on any atom is -0.494 e. The van der Waals surface area contributed by atoms with Gasteiger partial charge in [-0.05, 0) is 50.5 Å². The Morgan fingerprint density at radius 1 is 1.08 bits per heavy atom. The van der Waals surface area contributed by atoms with Gasteiger partial charge in [0.2, 0.25) is 0 Å². The Balaban J connectivity index is 1.52. The average Bonchev–Trinajstić information content (AvgIpc) is 2.59. The number of aryl methyl sites for hydroxylation is 1. The quantitative estimate of drug-likeness (QED) is 0.848. The fraction of sp³-hybridized carbons (Fsp3) is 0.429. The van der Waals surface area contributed by atoms with Crippen molar-refractivity contribution in [1.29, 1.82) is 0 Å². The predicted octanol–water partition coefficient (Wildman–Crippen LogP) is 4.47. The lowest BCUT2D eigenvalue weighted by atomic mass is 10.0. The van der Waals surface area contributed by atoms with Gasteiger partial charge >= 0.3 is 0 Å². The summed E-state index contributed by atoms with van der Waals surface area (Å²) in [5.41, 5.74) is 3.85. The van der Waals surface area contributed by atoms with Gasteiger partial charge in [-0.1, -0.05) is 30.3 Å². The number of nitrogens with zero attached hydrogens (tertiary/aromatic N) is 1. The van der Waals surface area contributed by atoms with Crippen LogP contribution in [0.15, 0.2) is 48.5 Å². The van der Waals surface area contributed by atoms with Crippen LogP contribution in [0.5, 0.6) is 5.75 Å². The Morgan fingerprint density at radius 2 is 1.88 bits per heavy atom. The van der Waals surface area contributed by atoms with Gasteiger partial charge in [-0.15, -0.1) is 0 Å². The van der Waals surface area contributed by atoms with E-state index in [0.29, 0.717) is 6.04 Å². The Kier molecular flexibility index (Phi) is 5.76. The molecule has 2 aromatic rings. The fourth-order valence-corrected chi connectivity index (χ4v) is 3.38. The molecule has 0 aliphatic carbocycles. The molecule has 128 valence electrons. The summed E-state index contributed by atoms with van der Waals surface area (Å²) in [5, 5.41) is 3.69. The molecule has 3 rings (SSSR count). The van der Waals surface area contributed by atoms with Gasteiger partial charge in [0.05, 0.1) is 6.61 Å². The van der Waals surface area contributed by atoms with E-state index in [1.807, 2.05) is 13.0 Å². The van der Waals surface area contributed by atoms with Gasteiger partial charge in [0.25, 0.3) is 0 Å². The van der Waals surface area contributed by atoms with Crippen molar-refractivity contribution in [2.75, 3.05) is 25.0 Å². The molecule has 0 aromatic heterocycles. The van der Waals surface area contributed by atoms with Crippen molar-refractivity contribution in [2.24, 2.45) is 0 Å². The number of anilines is 1. The van der Waals surface area contributed by atoms with Crippen molar-refractivity contribution < 1.29 is 4.74 Å². The van der Waals surface area contributed by atoms with Crippen molar-refractivity contribution in [2.45, 2.75) is 39.3 Å². The lowest BCUT2D eigenvalue weighted by Gasteiger charge is -2.33.